The molecule has 3 rings (SSSR count). The van der Waals surface area contributed by atoms with Crippen LogP contribution in [0.4, 0.5) is 0 Å². The lowest BCUT2D eigenvalue weighted by molar-refractivity contribution is -0.00651. The fourth-order valence-corrected chi connectivity index (χ4v) is 4.14. The first-order valence-corrected chi connectivity index (χ1v) is 6.78. The molecule has 86 valence electrons. The summed E-state index contributed by atoms with van der Waals surface area (Å²) in [4.78, 5) is 2.68. The van der Waals surface area contributed by atoms with Crippen LogP contribution in [0, 0.1) is 11.8 Å². The van der Waals surface area contributed by atoms with Gasteiger partial charge >= 0.3 is 0 Å². The van der Waals surface area contributed by atoms with Gasteiger partial charge in [-0.25, -0.2) is 0 Å². The Morgan fingerprint density at radius 1 is 0.867 bits per heavy atom. The van der Waals surface area contributed by atoms with E-state index in [0.29, 0.717) is 11.8 Å². The number of aliphatic hydroxyl groups excluding tert-OH is 1. The van der Waals surface area contributed by atoms with Crippen LogP contribution in [0.2, 0.25) is 0 Å². The lowest BCUT2D eigenvalue weighted by atomic mass is 9.81. The Balaban J connectivity index is 1.69. The third-order valence-corrected chi connectivity index (χ3v) is 4.98. The van der Waals surface area contributed by atoms with E-state index in [4.69, 9.17) is 0 Å². The summed E-state index contributed by atoms with van der Waals surface area (Å²) >= 11 is 0. The van der Waals surface area contributed by atoms with E-state index in [9.17, 15) is 5.11 Å². The van der Waals surface area contributed by atoms with Gasteiger partial charge in [-0.05, 0) is 57.5 Å². The van der Waals surface area contributed by atoms with Gasteiger partial charge in [0.05, 0.1) is 6.10 Å². The molecule has 1 aliphatic heterocycles. The number of piperidine rings is 1. The van der Waals surface area contributed by atoms with Crippen molar-refractivity contribution < 1.29 is 5.11 Å². The largest absolute Gasteiger partial charge is 0.392 e. The molecule has 2 nitrogen and oxygen atoms in total. The Kier molecular flexibility index (Phi) is 2.73. The van der Waals surface area contributed by atoms with Crippen LogP contribution in [0.5, 0.6) is 0 Å². The average molecular weight is 209 g/mol. The molecule has 0 aromatic rings. The van der Waals surface area contributed by atoms with E-state index in [1.54, 1.807) is 0 Å². The molecule has 0 aromatic heterocycles. The summed E-state index contributed by atoms with van der Waals surface area (Å²) in [5, 5.41) is 10.2. The first kappa shape index (κ1) is 10.1. The lowest BCUT2D eigenvalue weighted by Crippen LogP contribution is -2.48. The lowest BCUT2D eigenvalue weighted by Gasteiger charge is -2.42. The molecule has 1 saturated heterocycles. The molecule has 0 aromatic carbocycles. The van der Waals surface area contributed by atoms with E-state index in [0.717, 1.165) is 6.04 Å². The maximum Gasteiger partial charge on any atom is 0.0611 e. The van der Waals surface area contributed by atoms with E-state index in [2.05, 4.69) is 4.90 Å². The number of aliphatic hydroxyl groups is 1. The fraction of sp³-hybridized carbons (Fsp3) is 1.00. The predicted molar refractivity (Wildman–Crippen MR) is 60.7 cm³/mol. The van der Waals surface area contributed by atoms with E-state index in [1.807, 2.05) is 0 Å². The van der Waals surface area contributed by atoms with Gasteiger partial charge < -0.3 is 10.0 Å². The Morgan fingerprint density at radius 2 is 1.60 bits per heavy atom. The number of nitrogens with zero attached hydrogens (tertiary/aromatic N) is 1. The Hall–Kier alpha value is -0.0800. The zero-order valence-corrected chi connectivity index (χ0v) is 9.57. The fourth-order valence-electron chi connectivity index (χ4n) is 4.14. The second-order valence-electron chi connectivity index (χ2n) is 5.73. The first-order chi connectivity index (χ1) is 7.36. The quantitative estimate of drug-likeness (QED) is 0.714. The molecule has 15 heavy (non-hydrogen) atoms. The van der Waals surface area contributed by atoms with Gasteiger partial charge in [-0.3, -0.25) is 0 Å². The Morgan fingerprint density at radius 3 is 2.40 bits per heavy atom. The van der Waals surface area contributed by atoms with E-state index in [1.165, 1.54) is 58.0 Å². The summed E-state index contributed by atoms with van der Waals surface area (Å²) in [6.07, 6.45) is 9.41. The number of hydrogen-bond acceptors (Lipinski definition) is 2. The summed E-state index contributed by atoms with van der Waals surface area (Å²) < 4.78 is 0. The van der Waals surface area contributed by atoms with Crippen LogP contribution in [0.25, 0.3) is 0 Å². The molecule has 3 aliphatic rings. The van der Waals surface area contributed by atoms with Crippen molar-refractivity contribution in [1.82, 2.24) is 4.90 Å². The van der Waals surface area contributed by atoms with Crippen molar-refractivity contribution >= 4 is 0 Å². The normalized spacial score (nSPS) is 47.0. The second-order valence-corrected chi connectivity index (χ2v) is 5.73. The van der Waals surface area contributed by atoms with E-state index in [-0.39, 0.29) is 6.10 Å². The van der Waals surface area contributed by atoms with Crippen molar-refractivity contribution in [1.29, 1.82) is 0 Å². The zero-order valence-electron chi connectivity index (χ0n) is 9.57. The van der Waals surface area contributed by atoms with Gasteiger partial charge in [0.25, 0.3) is 0 Å². The van der Waals surface area contributed by atoms with Gasteiger partial charge in [-0.2, -0.15) is 0 Å². The van der Waals surface area contributed by atoms with Gasteiger partial charge in [0.15, 0.2) is 0 Å². The molecule has 2 heteroatoms. The van der Waals surface area contributed by atoms with Gasteiger partial charge in [0, 0.05) is 12.0 Å². The molecule has 0 radical (unpaired) electrons. The molecule has 4 atom stereocenters. The third kappa shape index (κ3) is 1.72. The highest BCUT2D eigenvalue weighted by Gasteiger charge is 2.45. The summed E-state index contributed by atoms with van der Waals surface area (Å²) in [5.41, 5.74) is 0. The number of hydrogen-bond donors (Lipinski definition) is 1. The van der Waals surface area contributed by atoms with Crippen molar-refractivity contribution in [3.63, 3.8) is 0 Å². The molecule has 2 bridgehead atoms. The summed E-state index contributed by atoms with van der Waals surface area (Å²) in [6.45, 7) is 2.58. The van der Waals surface area contributed by atoms with Gasteiger partial charge in [0.2, 0.25) is 0 Å². The van der Waals surface area contributed by atoms with Crippen molar-refractivity contribution in [3.8, 4) is 0 Å². The summed E-state index contributed by atoms with van der Waals surface area (Å²) in [7, 11) is 0. The monoisotopic (exact) mass is 209 g/mol. The summed E-state index contributed by atoms with van der Waals surface area (Å²) in [6, 6.07) is 0.721. The molecule has 1 heterocycles. The number of fused-ring (bicyclic) bond motifs is 2. The van der Waals surface area contributed by atoms with E-state index < -0.39 is 0 Å². The maximum atomic E-state index is 10.2. The van der Waals surface area contributed by atoms with Crippen LogP contribution in [0.1, 0.15) is 44.9 Å². The van der Waals surface area contributed by atoms with Gasteiger partial charge in [-0.1, -0.05) is 6.42 Å². The van der Waals surface area contributed by atoms with Gasteiger partial charge in [-0.15, -0.1) is 0 Å². The number of likely N-dealkylation sites (tertiary alicyclic amines) is 1. The van der Waals surface area contributed by atoms with Crippen molar-refractivity contribution in [3.05, 3.63) is 0 Å². The molecule has 3 fully saturated rings. The van der Waals surface area contributed by atoms with Gasteiger partial charge in [0.1, 0.15) is 0 Å². The minimum Gasteiger partial charge on any atom is -0.392 e. The van der Waals surface area contributed by atoms with Crippen LogP contribution in [0.3, 0.4) is 0 Å². The highest BCUT2D eigenvalue weighted by molar-refractivity contribution is 4.97. The zero-order chi connectivity index (χ0) is 10.3. The molecule has 1 N–H and O–H groups in total. The molecule has 0 unspecified atom stereocenters. The predicted octanol–water partition coefficient (Wildman–Crippen LogP) is 2.02. The minimum absolute atomic E-state index is 0.0330. The Bertz CT molecular complexity index is 225. The maximum absolute atomic E-state index is 10.2. The highest BCUT2D eigenvalue weighted by Crippen LogP contribution is 2.44. The smallest absolute Gasteiger partial charge is 0.0611 e. The second kappa shape index (κ2) is 4.06. The van der Waals surface area contributed by atoms with Crippen LogP contribution in [-0.2, 0) is 0 Å². The highest BCUT2D eigenvalue weighted by atomic mass is 16.3. The minimum atomic E-state index is 0.0330. The van der Waals surface area contributed by atoms with Crippen LogP contribution in [-0.4, -0.2) is 35.2 Å². The first-order valence-electron chi connectivity index (χ1n) is 6.78. The van der Waals surface area contributed by atoms with Crippen molar-refractivity contribution in [2.24, 2.45) is 11.8 Å². The van der Waals surface area contributed by atoms with Crippen LogP contribution >= 0.6 is 0 Å². The number of rotatable bonds is 1. The summed E-state index contributed by atoms with van der Waals surface area (Å²) in [5.74, 6) is 1.26. The molecule has 2 saturated carbocycles. The topological polar surface area (TPSA) is 23.5 Å². The van der Waals surface area contributed by atoms with Crippen molar-refractivity contribution in [2.45, 2.75) is 57.1 Å². The molecule has 0 amide bonds. The molecule has 0 spiro atoms. The SMILES string of the molecule is O[C@@H]1[C@H]2CC[C@H]1[C@@H](N1CCCCC1)CC2. The molecular weight excluding hydrogens is 186 g/mol. The van der Waals surface area contributed by atoms with Crippen molar-refractivity contribution in [2.75, 3.05) is 13.1 Å². The van der Waals surface area contributed by atoms with Crippen LogP contribution in [0.15, 0.2) is 0 Å². The standard InChI is InChI=1S/C13H23NO/c15-13-10-4-6-11(13)12(7-5-10)14-8-2-1-3-9-14/h10-13,15H,1-9H2/t10-,11-,12-,13+/m0/s1. The molecule has 2 aliphatic carbocycles. The average Bonchev–Trinajstić information content (AvgIpc) is 2.54. The Labute approximate surface area is 92.7 Å². The third-order valence-electron chi connectivity index (χ3n) is 4.98. The molecular formula is C13H23NO. The van der Waals surface area contributed by atoms with Crippen LogP contribution < -0.4 is 0 Å². The van der Waals surface area contributed by atoms with E-state index >= 15 is 0 Å².